The second-order valence-corrected chi connectivity index (χ2v) is 8.17. The Hall–Kier alpha value is -3.58. The Kier molecular flexibility index (Phi) is 6.56. The van der Waals surface area contributed by atoms with Crippen LogP contribution in [0.2, 0.25) is 0 Å². The molecule has 0 unspecified atom stereocenters. The van der Waals surface area contributed by atoms with E-state index in [0.29, 0.717) is 0 Å². The molecule has 3 aromatic rings. The van der Waals surface area contributed by atoms with Crippen LogP contribution in [0.1, 0.15) is 44.8 Å². The number of benzene rings is 2. The van der Waals surface area contributed by atoms with Crippen molar-refractivity contribution in [2.24, 2.45) is 0 Å². The molecule has 1 fully saturated rings. The number of carbonyl (C=O) groups is 2. The minimum atomic E-state index is -1.27. The fraction of sp³-hybridized carbons (Fsp3) is 0.280. The highest BCUT2D eigenvalue weighted by Gasteiger charge is 2.27. The molecular weight excluding hydrogens is 406 g/mol. The number of carboxylic acids is 1. The van der Waals surface area contributed by atoms with E-state index in [-0.39, 0.29) is 23.8 Å². The Morgan fingerprint density at radius 1 is 0.906 bits per heavy atom. The molecule has 4 rings (SSSR count). The fourth-order valence-corrected chi connectivity index (χ4v) is 4.18. The number of hydrogen-bond donors (Lipinski definition) is 3. The summed E-state index contributed by atoms with van der Waals surface area (Å²) < 4.78 is 1.41. The molecule has 32 heavy (non-hydrogen) atoms. The lowest BCUT2D eigenvalue weighted by Crippen LogP contribution is -2.44. The van der Waals surface area contributed by atoms with Crippen LogP contribution < -0.4 is 5.32 Å². The number of rotatable bonds is 7. The summed E-state index contributed by atoms with van der Waals surface area (Å²) in [4.78, 5) is 26.9. The maximum absolute atomic E-state index is 12.9. The van der Waals surface area contributed by atoms with Crippen LogP contribution in [0.3, 0.4) is 0 Å². The molecule has 0 bridgehead atoms. The molecule has 1 aliphatic rings. The summed E-state index contributed by atoms with van der Waals surface area (Å²) >= 11 is 0. The van der Waals surface area contributed by atoms with Gasteiger partial charge in [-0.1, -0.05) is 60.7 Å². The second kappa shape index (κ2) is 9.70. The van der Waals surface area contributed by atoms with Crippen molar-refractivity contribution >= 4 is 11.9 Å². The van der Waals surface area contributed by atoms with E-state index < -0.39 is 17.6 Å². The van der Waals surface area contributed by atoms with Crippen LogP contribution in [-0.2, 0) is 13.1 Å². The second-order valence-electron chi connectivity index (χ2n) is 8.17. The molecule has 0 atom stereocenters. The van der Waals surface area contributed by atoms with Gasteiger partial charge in [0.1, 0.15) is 0 Å². The van der Waals surface area contributed by atoms with Crippen molar-refractivity contribution in [2.75, 3.05) is 13.1 Å². The molecular formula is C25H27N3O4. The summed E-state index contributed by atoms with van der Waals surface area (Å²) in [7, 11) is 0. The fourth-order valence-electron chi connectivity index (χ4n) is 4.18. The van der Waals surface area contributed by atoms with E-state index in [1.165, 1.54) is 16.3 Å². The van der Waals surface area contributed by atoms with Crippen molar-refractivity contribution in [1.29, 1.82) is 0 Å². The molecule has 3 N–H and O–H groups in total. The highest BCUT2D eigenvalue weighted by atomic mass is 16.4. The third-order valence-electron chi connectivity index (χ3n) is 5.87. The van der Waals surface area contributed by atoms with Gasteiger partial charge in [-0.05, 0) is 24.0 Å². The van der Waals surface area contributed by atoms with Crippen LogP contribution in [0.15, 0.2) is 66.9 Å². The van der Waals surface area contributed by atoms with Gasteiger partial charge in [0.15, 0.2) is 11.4 Å². The van der Waals surface area contributed by atoms with Gasteiger partial charge in [-0.2, -0.15) is 0 Å². The first-order chi connectivity index (χ1) is 15.5. The number of carbonyl (C=O) groups excluding carboxylic acids is 1. The van der Waals surface area contributed by atoms with E-state index in [0.717, 1.165) is 38.0 Å². The molecule has 166 valence electrons. The van der Waals surface area contributed by atoms with E-state index >= 15 is 0 Å². The van der Waals surface area contributed by atoms with Crippen LogP contribution in [0.5, 0.6) is 5.75 Å². The number of aromatic carboxylic acids is 1. The van der Waals surface area contributed by atoms with E-state index in [9.17, 15) is 19.8 Å². The topological polar surface area (TPSA) is 94.8 Å². The monoisotopic (exact) mass is 433 g/mol. The minimum Gasteiger partial charge on any atom is -0.505 e. The van der Waals surface area contributed by atoms with Gasteiger partial charge >= 0.3 is 5.97 Å². The summed E-state index contributed by atoms with van der Waals surface area (Å²) in [5.74, 6) is -2.21. The van der Waals surface area contributed by atoms with Crippen LogP contribution in [0.4, 0.5) is 0 Å². The van der Waals surface area contributed by atoms with Crippen LogP contribution in [0.25, 0.3) is 0 Å². The smallest absolute Gasteiger partial charge is 0.356 e. The molecule has 0 saturated carbocycles. The molecule has 1 amide bonds. The molecule has 7 heteroatoms. The standard InChI is InChI=1S/C25H27N3O4/c29-23-21(17-28(22(23)25(31)32)16-19-9-5-2-6-10-19)24(30)26-20-11-13-27(14-12-20)15-18-7-3-1-4-8-18/h1-10,17,20,29H,11-16H2,(H,26,30)(H,31,32). The molecule has 1 saturated heterocycles. The minimum absolute atomic E-state index is 0.00922. The number of amides is 1. The summed E-state index contributed by atoms with van der Waals surface area (Å²) in [6, 6.07) is 19.6. The first kappa shape index (κ1) is 21.6. The predicted molar refractivity (Wildman–Crippen MR) is 121 cm³/mol. The molecule has 0 spiro atoms. The summed E-state index contributed by atoms with van der Waals surface area (Å²) in [6.45, 7) is 2.86. The number of nitrogens with zero attached hydrogens (tertiary/aromatic N) is 2. The third kappa shape index (κ3) is 5.00. The lowest BCUT2D eigenvalue weighted by Gasteiger charge is -2.32. The van der Waals surface area contributed by atoms with Gasteiger partial charge in [0.25, 0.3) is 5.91 Å². The van der Waals surface area contributed by atoms with Gasteiger partial charge in [0.2, 0.25) is 0 Å². The number of carboxylic acid groups (broad SMARTS) is 1. The Bertz CT molecular complexity index is 1070. The first-order valence-corrected chi connectivity index (χ1v) is 10.8. The Morgan fingerprint density at radius 3 is 2.03 bits per heavy atom. The van der Waals surface area contributed by atoms with Crippen LogP contribution in [0, 0.1) is 0 Å². The maximum atomic E-state index is 12.9. The van der Waals surface area contributed by atoms with E-state index in [4.69, 9.17) is 0 Å². The van der Waals surface area contributed by atoms with Gasteiger partial charge in [-0.15, -0.1) is 0 Å². The SMILES string of the molecule is O=C(NC1CCN(Cc2ccccc2)CC1)c1cn(Cc2ccccc2)c(C(=O)O)c1O. The largest absolute Gasteiger partial charge is 0.505 e. The van der Waals surface area contributed by atoms with Gasteiger partial charge in [-0.25, -0.2) is 4.79 Å². The number of piperidine rings is 1. The highest BCUT2D eigenvalue weighted by molar-refractivity contribution is 6.01. The number of aromatic nitrogens is 1. The average molecular weight is 434 g/mol. The average Bonchev–Trinajstić information content (AvgIpc) is 3.12. The third-order valence-corrected chi connectivity index (χ3v) is 5.87. The zero-order chi connectivity index (χ0) is 22.5. The Labute approximate surface area is 186 Å². The zero-order valence-corrected chi connectivity index (χ0v) is 17.8. The molecule has 1 aromatic heterocycles. The van der Waals surface area contributed by atoms with Crippen molar-refractivity contribution in [3.05, 3.63) is 89.2 Å². The quantitative estimate of drug-likeness (QED) is 0.531. The van der Waals surface area contributed by atoms with Crippen LogP contribution >= 0.6 is 0 Å². The first-order valence-electron chi connectivity index (χ1n) is 10.8. The van der Waals surface area contributed by atoms with Crippen molar-refractivity contribution in [2.45, 2.75) is 32.0 Å². The van der Waals surface area contributed by atoms with Gasteiger partial charge in [-0.3, -0.25) is 9.69 Å². The van der Waals surface area contributed by atoms with Gasteiger partial charge in [0.05, 0.1) is 5.56 Å². The maximum Gasteiger partial charge on any atom is 0.356 e. The van der Waals surface area contributed by atoms with E-state index in [1.54, 1.807) is 0 Å². The summed E-state index contributed by atoms with van der Waals surface area (Å²) in [6.07, 6.45) is 3.03. The molecule has 2 heterocycles. The van der Waals surface area contributed by atoms with Crippen molar-refractivity contribution in [3.63, 3.8) is 0 Å². The summed E-state index contributed by atoms with van der Waals surface area (Å²) in [5, 5.41) is 23.0. The molecule has 1 aliphatic heterocycles. The van der Waals surface area contributed by atoms with Crippen molar-refractivity contribution in [3.8, 4) is 5.75 Å². The molecule has 7 nitrogen and oxygen atoms in total. The van der Waals surface area contributed by atoms with Gasteiger partial charge < -0.3 is 20.1 Å². The summed E-state index contributed by atoms with van der Waals surface area (Å²) in [5.41, 5.74) is 1.85. The Morgan fingerprint density at radius 2 is 1.47 bits per heavy atom. The molecule has 0 aliphatic carbocycles. The molecule has 2 aromatic carbocycles. The van der Waals surface area contributed by atoms with E-state index in [1.807, 2.05) is 48.5 Å². The highest BCUT2D eigenvalue weighted by Crippen LogP contribution is 2.27. The lowest BCUT2D eigenvalue weighted by atomic mass is 10.0. The lowest BCUT2D eigenvalue weighted by molar-refractivity contribution is 0.0682. The number of likely N-dealkylation sites (tertiary alicyclic amines) is 1. The van der Waals surface area contributed by atoms with Gasteiger partial charge in [0, 0.05) is 38.4 Å². The van der Waals surface area contributed by atoms with E-state index in [2.05, 4.69) is 22.3 Å². The number of hydrogen-bond acceptors (Lipinski definition) is 4. The normalized spacial score (nSPS) is 14.9. The predicted octanol–water partition coefficient (Wildman–Crippen LogP) is 3.33. The number of aromatic hydroxyl groups is 1. The molecule has 0 radical (unpaired) electrons. The Balaban J connectivity index is 1.40. The zero-order valence-electron chi connectivity index (χ0n) is 17.8. The van der Waals surface area contributed by atoms with Crippen LogP contribution in [-0.4, -0.2) is 50.7 Å². The van der Waals surface area contributed by atoms with Crippen molar-refractivity contribution in [1.82, 2.24) is 14.8 Å². The number of nitrogens with one attached hydrogen (secondary N) is 1. The van der Waals surface area contributed by atoms with Crippen molar-refractivity contribution < 1.29 is 19.8 Å².